The van der Waals surface area contributed by atoms with Gasteiger partial charge in [0.15, 0.2) is 11.0 Å². The van der Waals surface area contributed by atoms with Gasteiger partial charge in [-0.3, -0.25) is 9.59 Å². The summed E-state index contributed by atoms with van der Waals surface area (Å²) in [6.07, 6.45) is 0.313. The van der Waals surface area contributed by atoms with Crippen molar-refractivity contribution < 1.29 is 24.1 Å². The molecule has 170 valence electrons. The predicted molar refractivity (Wildman–Crippen MR) is 115 cm³/mol. The van der Waals surface area contributed by atoms with E-state index in [1.807, 2.05) is 4.57 Å². The predicted octanol–water partition coefficient (Wildman–Crippen LogP) is 1.60. The van der Waals surface area contributed by atoms with Crippen molar-refractivity contribution in [1.29, 1.82) is 0 Å². The highest BCUT2D eigenvalue weighted by atomic mass is 19.1. The second kappa shape index (κ2) is 6.18. The fourth-order valence-electron chi connectivity index (χ4n) is 5.56. The molecule has 8 nitrogen and oxygen atoms in total. The van der Waals surface area contributed by atoms with E-state index in [1.54, 1.807) is 13.8 Å². The average Bonchev–Trinajstić information content (AvgIpc) is 3.16. The van der Waals surface area contributed by atoms with Crippen LogP contribution in [0.1, 0.15) is 49.1 Å². The van der Waals surface area contributed by atoms with Crippen LogP contribution in [0.15, 0.2) is 27.8 Å². The molecule has 0 unspecified atom stereocenters. The Morgan fingerprint density at radius 3 is 2.61 bits per heavy atom. The van der Waals surface area contributed by atoms with Gasteiger partial charge in [0.05, 0.1) is 40.2 Å². The molecule has 0 amide bonds. The number of hydrogen-bond acceptors (Lipinski definition) is 6. The van der Waals surface area contributed by atoms with E-state index in [4.69, 9.17) is 4.74 Å². The van der Waals surface area contributed by atoms with E-state index in [2.05, 4.69) is 0 Å². The van der Waals surface area contributed by atoms with Gasteiger partial charge < -0.3 is 24.1 Å². The summed E-state index contributed by atoms with van der Waals surface area (Å²) < 4.78 is 22.9. The van der Waals surface area contributed by atoms with Crippen molar-refractivity contribution >= 4 is 16.9 Å². The SMILES string of the molecule is CC[C@@]1(O)C(=O)OCc2c1cc1n(c2=O)Cc2c-1c(=O)c1cc(F)cc3c1n2CC[C@@]3(C)O. The highest BCUT2D eigenvalue weighted by molar-refractivity contribution is 5.90. The number of cyclic esters (lactones) is 1. The minimum absolute atomic E-state index is 0.000189. The third-order valence-electron chi connectivity index (χ3n) is 7.44. The van der Waals surface area contributed by atoms with E-state index >= 15 is 0 Å². The standard InChI is InChI=1S/C24H21FN2O6/c1-3-24(32)14-8-16-18-17(9-27(16)21(29)13(14)10-33-22(24)30)26-5-4-23(2,31)15-7-11(25)6-12(19(15)26)20(18)28/h6-8,31-32H,3-5,9-10H2,1-2H3/t23-,24+/m1/s1. The Morgan fingerprint density at radius 1 is 1.12 bits per heavy atom. The highest BCUT2D eigenvalue weighted by Crippen LogP contribution is 2.42. The molecule has 0 aliphatic carbocycles. The van der Waals surface area contributed by atoms with Gasteiger partial charge in [-0.1, -0.05) is 6.92 Å². The lowest BCUT2D eigenvalue weighted by Crippen LogP contribution is -2.44. The molecule has 2 aromatic heterocycles. The number of fused-ring (bicyclic) bond motifs is 5. The number of nitrogens with zero attached hydrogens (tertiary/aromatic N) is 2. The summed E-state index contributed by atoms with van der Waals surface area (Å²) in [7, 11) is 0. The molecule has 33 heavy (non-hydrogen) atoms. The number of benzene rings is 1. The maximum absolute atomic E-state index is 14.5. The topological polar surface area (TPSA) is 111 Å². The van der Waals surface area contributed by atoms with E-state index in [1.165, 1.54) is 16.7 Å². The zero-order valence-corrected chi connectivity index (χ0v) is 18.1. The summed E-state index contributed by atoms with van der Waals surface area (Å²) in [6, 6.07) is 3.92. The summed E-state index contributed by atoms with van der Waals surface area (Å²) >= 11 is 0. The number of hydrogen-bond donors (Lipinski definition) is 2. The van der Waals surface area contributed by atoms with Crippen molar-refractivity contribution in [1.82, 2.24) is 9.13 Å². The quantitative estimate of drug-likeness (QED) is 0.425. The third kappa shape index (κ3) is 2.38. The zero-order valence-electron chi connectivity index (χ0n) is 18.1. The number of aromatic nitrogens is 2. The maximum atomic E-state index is 14.5. The third-order valence-corrected chi connectivity index (χ3v) is 7.44. The monoisotopic (exact) mass is 452 g/mol. The van der Waals surface area contributed by atoms with Crippen LogP contribution in [0, 0.1) is 5.82 Å². The summed E-state index contributed by atoms with van der Waals surface area (Å²) in [5.74, 6) is -1.47. The molecule has 9 heteroatoms. The Bertz CT molecular complexity index is 1550. The molecule has 0 bridgehead atoms. The number of aliphatic hydroxyl groups is 2. The molecule has 0 saturated carbocycles. The molecule has 5 heterocycles. The van der Waals surface area contributed by atoms with E-state index in [0.29, 0.717) is 29.7 Å². The number of rotatable bonds is 1. The Morgan fingerprint density at radius 2 is 1.88 bits per heavy atom. The largest absolute Gasteiger partial charge is 0.458 e. The molecule has 0 fully saturated rings. The average molecular weight is 452 g/mol. The summed E-state index contributed by atoms with van der Waals surface area (Å²) in [4.78, 5) is 39.4. The van der Waals surface area contributed by atoms with Crippen LogP contribution >= 0.6 is 0 Å². The van der Waals surface area contributed by atoms with E-state index in [0.717, 1.165) is 6.07 Å². The normalized spacial score (nSPS) is 24.9. The van der Waals surface area contributed by atoms with Crippen molar-refractivity contribution in [2.45, 2.75) is 57.6 Å². The number of ether oxygens (including phenoxy) is 1. The van der Waals surface area contributed by atoms with Crippen LogP contribution in [0.3, 0.4) is 0 Å². The van der Waals surface area contributed by atoms with Gasteiger partial charge in [0.2, 0.25) is 0 Å². The lowest BCUT2D eigenvalue weighted by atomic mass is 9.85. The Labute approximate surface area is 186 Å². The molecule has 3 aliphatic rings. The van der Waals surface area contributed by atoms with Crippen molar-refractivity contribution in [2.75, 3.05) is 0 Å². The Balaban J connectivity index is 1.73. The second-order valence-electron chi connectivity index (χ2n) is 9.28. The second-order valence-corrected chi connectivity index (χ2v) is 9.28. The first-order valence-electron chi connectivity index (χ1n) is 10.9. The molecule has 1 aromatic carbocycles. The van der Waals surface area contributed by atoms with Crippen LogP contribution in [-0.4, -0.2) is 25.3 Å². The minimum atomic E-state index is -1.98. The highest BCUT2D eigenvalue weighted by Gasteiger charge is 2.46. The van der Waals surface area contributed by atoms with E-state index in [9.17, 15) is 29.0 Å². The lowest BCUT2D eigenvalue weighted by Gasteiger charge is -2.33. The first kappa shape index (κ1) is 20.3. The number of halogens is 1. The van der Waals surface area contributed by atoms with Crippen molar-refractivity contribution in [3.63, 3.8) is 0 Å². The molecular weight excluding hydrogens is 431 g/mol. The van der Waals surface area contributed by atoms with E-state index < -0.39 is 34.0 Å². The van der Waals surface area contributed by atoms with Crippen LogP contribution in [0.25, 0.3) is 22.2 Å². The number of carbonyl (C=O) groups is 1. The van der Waals surface area contributed by atoms with Crippen molar-refractivity contribution in [2.24, 2.45) is 0 Å². The van der Waals surface area contributed by atoms with Crippen LogP contribution in [0.2, 0.25) is 0 Å². The number of aryl methyl sites for hydroxylation is 1. The van der Waals surface area contributed by atoms with Crippen molar-refractivity contribution in [3.8, 4) is 11.3 Å². The number of pyridine rings is 2. The Kier molecular flexibility index (Phi) is 3.80. The molecule has 0 saturated heterocycles. The summed E-state index contributed by atoms with van der Waals surface area (Å²) in [6.45, 7) is 3.44. The van der Waals surface area contributed by atoms with Crippen LogP contribution in [0.4, 0.5) is 4.39 Å². The molecular formula is C24H21FN2O6. The van der Waals surface area contributed by atoms with Gasteiger partial charge in [0.1, 0.15) is 12.4 Å². The molecule has 0 spiro atoms. The molecule has 2 N–H and O–H groups in total. The molecule has 6 rings (SSSR count). The fourth-order valence-corrected chi connectivity index (χ4v) is 5.56. The Hall–Kier alpha value is -3.30. The van der Waals surface area contributed by atoms with Gasteiger partial charge in [-0.25, -0.2) is 9.18 Å². The maximum Gasteiger partial charge on any atom is 0.343 e. The van der Waals surface area contributed by atoms with Crippen LogP contribution in [0.5, 0.6) is 0 Å². The summed E-state index contributed by atoms with van der Waals surface area (Å²) in [5.41, 5.74) is -1.93. The van der Waals surface area contributed by atoms with Gasteiger partial charge >= 0.3 is 5.97 Å². The molecule has 0 radical (unpaired) electrons. The zero-order chi connectivity index (χ0) is 23.4. The first-order valence-corrected chi connectivity index (χ1v) is 10.9. The molecule has 3 aliphatic heterocycles. The van der Waals surface area contributed by atoms with Gasteiger partial charge in [0.25, 0.3) is 5.56 Å². The smallest absolute Gasteiger partial charge is 0.343 e. The number of esters is 1. The van der Waals surface area contributed by atoms with Crippen LogP contribution < -0.4 is 11.0 Å². The van der Waals surface area contributed by atoms with Gasteiger partial charge in [0, 0.05) is 23.1 Å². The van der Waals surface area contributed by atoms with Crippen molar-refractivity contribution in [3.05, 3.63) is 67.0 Å². The molecule has 3 aromatic rings. The number of carbonyl (C=O) groups excluding carboxylic acids is 1. The van der Waals surface area contributed by atoms with E-state index in [-0.39, 0.29) is 47.3 Å². The minimum Gasteiger partial charge on any atom is -0.458 e. The fraction of sp³-hybridized carbons (Fsp3) is 0.375. The summed E-state index contributed by atoms with van der Waals surface area (Å²) in [5, 5.41) is 22.0. The van der Waals surface area contributed by atoms with Gasteiger partial charge in [-0.2, -0.15) is 0 Å². The van der Waals surface area contributed by atoms with Gasteiger partial charge in [-0.05, 0) is 38.0 Å². The van der Waals surface area contributed by atoms with Crippen LogP contribution in [-0.2, 0) is 40.4 Å². The lowest BCUT2D eigenvalue weighted by molar-refractivity contribution is -0.172. The van der Waals surface area contributed by atoms with Gasteiger partial charge in [-0.15, -0.1) is 0 Å². The molecule has 2 atom stereocenters. The first-order chi connectivity index (χ1) is 15.6.